The average molecular weight is 384 g/mol. The summed E-state index contributed by atoms with van der Waals surface area (Å²) in [7, 11) is 0. The molecule has 2 atom stereocenters. The number of ether oxygens (including phenoxy) is 3. The first-order chi connectivity index (χ1) is 13.0. The van der Waals surface area contributed by atoms with Crippen molar-refractivity contribution in [2.75, 3.05) is 39.6 Å². The fourth-order valence-electron chi connectivity index (χ4n) is 2.35. The van der Waals surface area contributed by atoms with Crippen LogP contribution in [0.3, 0.4) is 0 Å². The molecule has 11 heteroatoms. The second kappa shape index (κ2) is 10.0. The molecular weight excluding hydrogens is 364 g/mol. The third-order valence-corrected chi connectivity index (χ3v) is 3.57. The molecule has 0 aliphatic carbocycles. The molecule has 4 amide bonds. The summed E-state index contributed by atoms with van der Waals surface area (Å²) in [4.78, 5) is 47.7. The van der Waals surface area contributed by atoms with E-state index in [1.54, 1.807) is 0 Å². The number of aliphatic hydroxyl groups is 2. The molecule has 0 unspecified atom stereocenters. The minimum atomic E-state index is -1.41. The van der Waals surface area contributed by atoms with Gasteiger partial charge >= 0.3 is 0 Å². The molecule has 2 heterocycles. The molecular formula is C16H20N2O9. The van der Waals surface area contributed by atoms with Gasteiger partial charge in [-0.2, -0.15) is 0 Å². The second-order valence-corrected chi connectivity index (χ2v) is 5.44. The van der Waals surface area contributed by atoms with Gasteiger partial charge in [0, 0.05) is 24.3 Å². The molecule has 0 aromatic rings. The molecule has 0 radical (unpaired) electrons. The highest BCUT2D eigenvalue weighted by molar-refractivity contribution is 6.13. The van der Waals surface area contributed by atoms with Crippen molar-refractivity contribution < 1.29 is 43.6 Å². The topological polar surface area (TPSA) is 143 Å². The zero-order valence-corrected chi connectivity index (χ0v) is 14.4. The summed E-state index contributed by atoms with van der Waals surface area (Å²) in [5, 5.41) is 18.6. The van der Waals surface area contributed by atoms with Crippen LogP contribution < -0.4 is 0 Å². The number of rotatable bonds is 12. The number of hydrogen-bond donors (Lipinski definition) is 2. The van der Waals surface area contributed by atoms with Crippen molar-refractivity contribution >= 4 is 23.6 Å². The van der Waals surface area contributed by atoms with Gasteiger partial charge in [0.1, 0.15) is 0 Å². The van der Waals surface area contributed by atoms with Gasteiger partial charge in [-0.15, -0.1) is 0 Å². The van der Waals surface area contributed by atoms with Crippen LogP contribution in [0.2, 0.25) is 0 Å². The summed E-state index contributed by atoms with van der Waals surface area (Å²) in [5.74, 6) is -2.33. The van der Waals surface area contributed by atoms with E-state index in [0.29, 0.717) is 4.90 Å². The second-order valence-electron chi connectivity index (χ2n) is 5.44. The monoisotopic (exact) mass is 384 g/mol. The lowest BCUT2D eigenvalue weighted by atomic mass is 10.4. The van der Waals surface area contributed by atoms with Gasteiger partial charge < -0.3 is 24.4 Å². The van der Waals surface area contributed by atoms with Gasteiger partial charge in [0.05, 0.1) is 39.6 Å². The standard InChI is InChI=1S/C16H20N2O9/c19-5-6-27-16(18-13(22)3-4-14(18)23)10-26-8-7-25-9-15(24)17-11(20)1-2-12(17)21/h1-4,15-16,19,24H,5-10H2/t15-,16-/m1/s1. The van der Waals surface area contributed by atoms with Crippen LogP contribution in [0.15, 0.2) is 24.3 Å². The number of aliphatic hydroxyl groups excluding tert-OH is 2. The number of nitrogens with zero attached hydrogens (tertiary/aromatic N) is 2. The van der Waals surface area contributed by atoms with E-state index in [2.05, 4.69) is 0 Å². The molecule has 2 aliphatic rings. The predicted molar refractivity (Wildman–Crippen MR) is 86.5 cm³/mol. The van der Waals surface area contributed by atoms with Gasteiger partial charge in [-0.3, -0.25) is 19.2 Å². The zero-order chi connectivity index (χ0) is 19.8. The van der Waals surface area contributed by atoms with E-state index in [1.807, 2.05) is 0 Å². The third kappa shape index (κ3) is 5.52. The lowest BCUT2D eigenvalue weighted by Gasteiger charge is -2.26. The number of amides is 4. The first-order valence-electron chi connectivity index (χ1n) is 8.12. The lowest BCUT2D eigenvalue weighted by Crippen LogP contribution is -2.45. The van der Waals surface area contributed by atoms with Crippen molar-refractivity contribution in [3.63, 3.8) is 0 Å². The summed E-state index contributed by atoms with van der Waals surface area (Å²) in [6.45, 7) is -0.745. The van der Waals surface area contributed by atoms with Crippen LogP contribution in [0.25, 0.3) is 0 Å². The fraction of sp³-hybridized carbons (Fsp3) is 0.500. The lowest BCUT2D eigenvalue weighted by molar-refractivity contribution is -0.162. The quantitative estimate of drug-likeness (QED) is 0.276. The summed E-state index contributed by atoms with van der Waals surface area (Å²) in [6, 6.07) is 0. The molecule has 0 fully saturated rings. The first-order valence-corrected chi connectivity index (χ1v) is 8.12. The third-order valence-electron chi connectivity index (χ3n) is 3.57. The van der Waals surface area contributed by atoms with Crippen LogP contribution in [-0.2, 0) is 33.4 Å². The number of hydrogen-bond acceptors (Lipinski definition) is 9. The minimum absolute atomic E-state index is 0.0214. The Morgan fingerprint density at radius 1 is 0.778 bits per heavy atom. The van der Waals surface area contributed by atoms with Crippen LogP contribution in [-0.4, -0.2) is 95.7 Å². The van der Waals surface area contributed by atoms with Gasteiger partial charge in [0.2, 0.25) is 0 Å². The van der Waals surface area contributed by atoms with E-state index in [0.717, 1.165) is 29.2 Å². The summed E-state index contributed by atoms with van der Waals surface area (Å²) in [6.07, 6.45) is 1.92. The van der Waals surface area contributed by atoms with Crippen LogP contribution in [0.5, 0.6) is 0 Å². The highest BCUT2D eigenvalue weighted by atomic mass is 16.6. The predicted octanol–water partition coefficient (Wildman–Crippen LogP) is -2.48. The number of carbonyl (C=O) groups is 4. The van der Waals surface area contributed by atoms with E-state index in [9.17, 15) is 24.3 Å². The number of imide groups is 2. The van der Waals surface area contributed by atoms with Crippen molar-refractivity contribution in [2.24, 2.45) is 0 Å². The Morgan fingerprint density at radius 2 is 1.26 bits per heavy atom. The molecule has 0 bridgehead atoms. The Bertz CT molecular complexity index is 610. The molecule has 2 aliphatic heterocycles. The maximum absolute atomic E-state index is 11.7. The van der Waals surface area contributed by atoms with Crippen LogP contribution >= 0.6 is 0 Å². The first kappa shape index (κ1) is 20.9. The Morgan fingerprint density at radius 3 is 1.78 bits per heavy atom. The molecule has 2 N–H and O–H groups in total. The molecule has 2 rings (SSSR count). The zero-order valence-electron chi connectivity index (χ0n) is 14.4. The van der Waals surface area contributed by atoms with Gasteiger partial charge in [-0.25, -0.2) is 9.80 Å². The van der Waals surface area contributed by atoms with Crippen molar-refractivity contribution in [3.8, 4) is 0 Å². The molecule has 0 saturated heterocycles. The molecule has 11 nitrogen and oxygen atoms in total. The smallest absolute Gasteiger partial charge is 0.255 e. The van der Waals surface area contributed by atoms with Crippen molar-refractivity contribution in [2.45, 2.75) is 12.5 Å². The Balaban J connectivity index is 1.68. The normalized spacial score (nSPS) is 18.9. The SMILES string of the molecule is O=C1C=CC(=O)N1[C@H](O)COCCOC[C@@H](OCCO)N1C(=O)C=CC1=O. The van der Waals surface area contributed by atoms with Crippen LogP contribution in [0, 0.1) is 0 Å². The van der Waals surface area contributed by atoms with Crippen LogP contribution in [0.1, 0.15) is 0 Å². The maximum atomic E-state index is 11.7. The fourth-order valence-corrected chi connectivity index (χ4v) is 2.35. The summed E-state index contributed by atoms with van der Waals surface area (Å²) in [5.41, 5.74) is 0. The van der Waals surface area contributed by atoms with Crippen molar-refractivity contribution in [3.05, 3.63) is 24.3 Å². The van der Waals surface area contributed by atoms with Gasteiger partial charge in [0.15, 0.2) is 12.5 Å². The van der Waals surface area contributed by atoms with Gasteiger partial charge in [0.25, 0.3) is 23.6 Å². The van der Waals surface area contributed by atoms with Gasteiger partial charge in [-0.1, -0.05) is 0 Å². The highest BCUT2D eigenvalue weighted by Crippen LogP contribution is 2.11. The van der Waals surface area contributed by atoms with Crippen molar-refractivity contribution in [1.82, 2.24) is 9.80 Å². The molecule has 0 spiro atoms. The summed E-state index contributed by atoms with van der Waals surface area (Å²) >= 11 is 0. The highest BCUT2D eigenvalue weighted by Gasteiger charge is 2.32. The van der Waals surface area contributed by atoms with E-state index >= 15 is 0 Å². The summed E-state index contributed by atoms with van der Waals surface area (Å²) < 4.78 is 15.7. The Kier molecular flexibility index (Phi) is 7.76. The largest absolute Gasteiger partial charge is 0.394 e. The Labute approximate surface area is 154 Å². The molecule has 148 valence electrons. The molecule has 27 heavy (non-hydrogen) atoms. The Hall–Kier alpha value is -2.44. The molecule has 0 saturated carbocycles. The van der Waals surface area contributed by atoms with E-state index < -0.39 is 36.1 Å². The average Bonchev–Trinajstić information content (AvgIpc) is 3.15. The van der Waals surface area contributed by atoms with Crippen LogP contribution in [0.4, 0.5) is 0 Å². The van der Waals surface area contributed by atoms with Gasteiger partial charge in [-0.05, 0) is 0 Å². The van der Waals surface area contributed by atoms with Crippen molar-refractivity contribution in [1.29, 1.82) is 0 Å². The number of carbonyl (C=O) groups excluding carboxylic acids is 4. The maximum Gasteiger partial charge on any atom is 0.255 e. The molecule has 0 aromatic heterocycles. The van der Waals surface area contributed by atoms with E-state index in [4.69, 9.17) is 19.3 Å². The minimum Gasteiger partial charge on any atom is -0.394 e. The van der Waals surface area contributed by atoms with E-state index in [1.165, 1.54) is 0 Å². The molecule has 0 aromatic carbocycles. The van der Waals surface area contributed by atoms with E-state index in [-0.39, 0.29) is 39.6 Å².